The van der Waals surface area contributed by atoms with Gasteiger partial charge in [-0.1, -0.05) is 6.42 Å². The van der Waals surface area contributed by atoms with Gasteiger partial charge in [0.25, 0.3) is 0 Å². The normalized spacial score (nSPS) is 27.9. The van der Waals surface area contributed by atoms with Crippen molar-refractivity contribution in [2.45, 2.75) is 62.8 Å². The van der Waals surface area contributed by atoms with E-state index in [1.165, 1.54) is 6.26 Å². The lowest BCUT2D eigenvalue weighted by Gasteiger charge is -2.31. The highest BCUT2D eigenvalue weighted by atomic mass is 32.2. The molecule has 4 nitrogen and oxygen atoms in total. The van der Waals surface area contributed by atoms with Gasteiger partial charge in [0.1, 0.15) is 9.84 Å². The predicted octanol–water partition coefficient (Wildman–Crippen LogP) is 1.09. The van der Waals surface area contributed by atoms with Crippen molar-refractivity contribution in [2.75, 3.05) is 12.9 Å². The van der Waals surface area contributed by atoms with Gasteiger partial charge in [-0.25, -0.2) is 8.42 Å². The van der Waals surface area contributed by atoms with E-state index in [1.807, 2.05) is 0 Å². The van der Waals surface area contributed by atoms with E-state index in [9.17, 15) is 8.42 Å². The standard InChI is InChI=1S/C12H25NO3S/c1-10(5-4-8-14)13-11-6-3-7-12(9-11)17(2,15)16/h10-14H,3-9H2,1-2H3. The molecule has 5 heteroatoms. The number of hydrogen-bond acceptors (Lipinski definition) is 4. The summed E-state index contributed by atoms with van der Waals surface area (Å²) in [5.41, 5.74) is 0. The quantitative estimate of drug-likeness (QED) is 0.753. The average Bonchev–Trinajstić information content (AvgIpc) is 2.25. The lowest BCUT2D eigenvalue weighted by molar-refractivity contribution is 0.267. The molecule has 3 unspecified atom stereocenters. The van der Waals surface area contributed by atoms with Crippen molar-refractivity contribution in [3.63, 3.8) is 0 Å². The summed E-state index contributed by atoms with van der Waals surface area (Å²) in [5.74, 6) is 0. The van der Waals surface area contributed by atoms with E-state index in [-0.39, 0.29) is 11.9 Å². The van der Waals surface area contributed by atoms with Crippen LogP contribution in [0.25, 0.3) is 0 Å². The Morgan fingerprint density at radius 3 is 2.71 bits per heavy atom. The molecule has 102 valence electrons. The molecule has 1 aliphatic rings. The molecule has 0 aliphatic heterocycles. The Balaban J connectivity index is 2.39. The summed E-state index contributed by atoms with van der Waals surface area (Å²) in [6, 6.07) is 0.669. The third kappa shape index (κ3) is 5.36. The Labute approximate surface area is 105 Å². The van der Waals surface area contributed by atoms with Crippen molar-refractivity contribution in [1.82, 2.24) is 5.32 Å². The molecule has 1 rings (SSSR count). The van der Waals surface area contributed by atoms with Crippen LogP contribution in [0.4, 0.5) is 0 Å². The van der Waals surface area contributed by atoms with Crippen LogP contribution < -0.4 is 5.32 Å². The molecular weight excluding hydrogens is 238 g/mol. The Bertz CT molecular complexity index is 316. The molecule has 17 heavy (non-hydrogen) atoms. The molecule has 0 heterocycles. The third-order valence-corrected chi connectivity index (χ3v) is 5.19. The maximum Gasteiger partial charge on any atom is 0.150 e. The minimum absolute atomic E-state index is 0.168. The van der Waals surface area contributed by atoms with Gasteiger partial charge in [0, 0.05) is 24.9 Å². The maximum absolute atomic E-state index is 11.5. The van der Waals surface area contributed by atoms with Crippen LogP contribution in [-0.2, 0) is 9.84 Å². The zero-order chi connectivity index (χ0) is 12.9. The molecule has 0 saturated heterocycles. The van der Waals surface area contributed by atoms with E-state index >= 15 is 0 Å². The average molecular weight is 263 g/mol. The number of aliphatic hydroxyl groups is 1. The van der Waals surface area contributed by atoms with Crippen molar-refractivity contribution in [1.29, 1.82) is 0 Å². The fourth-order valence-electron chi connectivity index (χ4n) is 2.57. The van der Waals surface area contributed by atoms with E-state index in [4.69, 9.17) is 5.11 Å². The van der Waals surface area contributed by atoms with Gasteiger partial charge in [-0.05, 0) is 39.0 Å². The fraction of sp³-hybridized carbons (Fsp3) is 1.00. The Hall–Kier alpha value is -0.130. The van der Waals surface area contributed by atoms with Crippen LogP contribution in [-0.4, -0.2) is 43.7 Å². The fourth-order valence-corrected chi connectivity index (χ4v) is 3.75. The van der Waals surface area contributed by atoms with E-state index in [0.29, 0.717) is 12.1 Å². The van der Waals surface area contributed by atoms with Gasteiger partial charge < -0.3 is 10.4 Å². The summed E-state index contributed by atoms with van der Waals surface area (Å²) in [5, 5.41) is 12.1. The molecule has 0 bridgehead atoms. The van der Waals surface area contributed by atoms with Gasteiger partial charge in [0.05, 0.1) is 5.25 Å². The van der Waals surface area contributed by atoms with E-state index in [0.717, 1.165) is 38.5 Å². The molecule has 1 saturated carbocycles. The van der Waals surface area contributed by atoms with Gasteiger partial charge in [-0.2, -0.15) is 0 Å². The predicted molar refractivity (Wildman–Crippen MR) is 69.8 cm³/mol. The molecular formula is C12H25NO3S. The van der Waals surface area contributed by atoms with Gasteiger partial charge >= 0.3 is 0 Å². The number of hydrogen-bond donors (Lipinski definition) is 2. The van der Waals surface area contributed by atoms with E-state index in [2.05, 4.69) is 12.2 Å². The minimum atomic E-state index is -2.89. The monoisotopic (exact) mass is 263 g/mol. The Morgan fingerprint density at radius 1 is 1.41 bits per heavy atom. The lowest BCUT2D eigenvalue weighted by atomic mass is 9.94. The zero-order valence-corrected chi connectivity index (χ0v) is 11.7. The largest absolute Gasteiger partial charge is 0.396 e. The van der Waals surface area contributed by atoms with E-state index in [1.54, 1.807) is 0 Å². The Kier molecular flexibility index (Phi) is 5.89. The Morgan fingerprint density at radius 2 is 2.12 bits per heavy atom. The van der Waals surface area contributed by atoms with Gasteiger partial charge in [0.2, 0.25) is 0 Å². The molecule has 1 aliphatic carbocycles. The van der Waals surface area contributed by atoms with Crippen molar-refractivity contribution >= 4 is 9.84 Å². The van der Waals surface area contributed by atoms with Crippen molar-refractivity contribution < 1.29 is 13.5 Å². The molecule has 0 amide bonds. The lowest BCUT2D eigenvalue weighted by Crippen LogP contribution is -2.42. The zero-order valence-electron chi connectivity index (χ0n) is 10.9. The summed E-state index contributed by atoms with van der Waals surface area (Å²) in [7, 11) is -2.89. The van der Waals surface area contributed by atoms with Crippen LogP contribution >= 0.6 is 0 Å². The van der Waals surface area contributed by atoms with Crippen LogP contribution in [0.3, 0.4) is 0 Å². The molecule has 0 radical (unpaired) electrons. The summed E-state index contributed by atoms with van der Waals surface area (Å²) in [6.45, 7) is 2.32. The smallest absolute Gasteiger partial charge is 0.150 e. The first-order valence-corrected chi connectivity index (χ1v) is 8.44. The number of aliphatic hydroxyl groups excluding tert-OH is 1. The maximum atomic E-state index is 11.5. The summed E-state index contributed by atoms with van der Waals surface area (Å²) in [6.07, 6.45) is 6.68. The van der Waals surface area contributed by atoms with Crippen molar-refractivity contribution in [2.24, 2.45) is 0 Å². The van der Waals surface area contributed by atoms with E-state index < -0.39 is 9.84 Å². The van der Waals surface area contributed by atoms with Crippen molar-refractivity contribution in [3.05, 3.63) is 0 Å². The molecule has 0 aromatic heterocycles. The number of rotatable bonds is 6. The van der Waals surface area contributed by atoms with Gasteiger partial charge in [-0.3, -0.25) is 0 Å². The van der Waals surface area contributed by atoms with Crippen LogP contribution in [0.2, 0.25) is 0 Å². The van der Waals surface area contributed by atoms with Crippen molar-refractivity contribution in [3.8, 4) is 0 Å². The second-order valence-electron chi connectivity index (χ2n) is 5.25. The van der Waals surface area contributed by atoms with Crippen LogP contribution in [0, 0.1) is 0 Å². The number of nitrogens with one attached hydrogen (secondary N) is 1. The highest BCUT2D eigenvalue weighted by Crippen LogP contribution is 2.24. The highest BCUT2D eigenvalue weighted by Gasteiger charge is 2.29. The molecule has 3 atom stereocenters. The van der Waals surface area contributed by atoms with Gasteiger partial charge in [0.15, 0.2) is 0 Å². The van der Waals surface area contributed by atoms with Crippen LogP contribution in [0.5, 0.6) is 0 Å². The molecule has 0 spiro atoms. The molecule has 0 aromatic carbocycles. The molecule has 0 aromatic rings. The summed E-state index contributed by atoms with van der Waals surface area (Å²) >= 11 is 0. The number of sulfone groups is 1. The second kappa shape index (κ2) is 6.71. The first-order valence-electron chi connectivity index (χ1n) is 6.49. The van der Waals surface area contributed by atoms with Crippen LogP contribution in [0.1, 0.15) is 45.4 Å². The third-order valence-electron chi connectivity index (χ3n) is 3.55. The summed E-state index contributed by atoms with van der Waals surface area (Å²) < 4.78 is 23.1. The minimum Gasteiger partial charge on any atom is -0.396 e. The molecule has 2 N–H and O–H groups in total. The second-order valence-corrected chi connectivity index (χ2v) is 7.57. The first-order chi connectivity index (χ1) is 7.93. The molecule has 1 fully saturated rings. The summed E-state index contributed by atoms with van der Waals surface area (Å²) in [4.78, 5) is 0. The highest BCUT2D eigenvalue weighted by molar-refractivity contribution is 7.91. The topological polar surface area (TPSA) is 66.4 Å². The van der Waals surface area contributed by atoms with Crippen LogP contribution in [0.15, 0.2) is 0 Å². The SMILES string of the molecule is CC(CCCO)NC1CCCC(S(C)(=O)=O)C1. The first kappa shape index (κ1) is 14.9. The van der Waals surface area contributed by atoms with Gasteiger partial charge in [-0.15, -0.1) is 0 Å².